The zero-order chi connectivity index (χ0) is 14.7. The van der Waals surface area contributed by atoms with Crippen LogP contribution < -0.4 is 11.1 Å². The van der Waals surface area contributed by atoms with Crippen molar-refractivity contribution in [1.82, 2.24) is 4.98 Å². The van der Waals surface area contributed by atoms with Gasteiger partial charge in [0.2, 0.25) is 0 Å². The Morgan fingerprint density at radius 3 is 2.48 bits per heavy atom. The van der Waals surface area contributed by atoms with Crippen molar-refractivity contribution in [3.8, 4) is 0 Å². The van der Waals surface area contributed by atoms with Crippen LogP contribution in [0.2, 0.25) is 0 Å². The molecule has 1 aromatic heterocycles. The fraction of sp³-hybridized carbons (Fsp3) is 0.167. The molecule has 1 atom stereocenters. The number of aromatic nitrogens is 1. The number of pyridine rings is 1. The summed E-state index contributed by atoms with van der Waals surface area (Å²) < 4.78 is 0. The number of nitrogens with one attached hydrogen (secondary N) is 1. The second kappa shape index (κ2) is 5.54. The van der Waals surface area contributed by atoms with Gasteiger partial charge in [-0.2, -0.15) is 0 Å². The van der Waals surface area contributed by atoms with Gasteiger partial charge >= 0.3 is 0 Å². The highest BCUT2D eigenvalue weighted by molar-refractivity contribution is 5.91. The molecule has 1 unspecified atom stereocenters. The van der Waals surface area contributed by atoms with Gasteiger partial charge in [-0.3, -0.25) is 4.98 Å². The largest absolute Gasteiger partial charge is 0.374 e. The number of para-hydroxylation sites is 1. The van der Waals surface area contributed by atoms with E-state index < -0.39 is 0 Å². The standard InChI is InChI=1S/C18H19N3/c1-18(13-19,14-7-3-2-4-8-14)21-17-11-12-20-16-10-6-5-9-15(16)17/h2-12H,13,19H2,1H3,(H,20,21). The molecular formula is C18H19N3. The molecule has 0 saturated carbocycles. The van der Waals surface area contributed by atoms with E-state index >= 15 is 0 Å². The minimum atomic E-state index is -0.314. The van der Waals surface area contributed by atoms with E-state index in [2.05, 4.69) is 35.4 Å². The summed E-state index contributed by atoms with van der Waals surface area (Å²) in [4.78, 5) is 4.40. The lowest BCUT2D eigenvalue weighted by molar-refractivity contribution is 0.557. The number of nitrogens with two attached hydrogens (primary N) is 1. The molecule has 0 aliphatic carbocycles. The predicted octanol–water partition coefficient (Wildman–Crippen LogP) is 3.52. The van der Waals surface area contributed by atoms with Crippen LogP contribution in [0.15, 0.2) is 66.9 Å². The summed E-state index contributed by atoms with van der Waals surface area (Å²) in [5, 5.41) is 4.71. The number of hydrogen-bond acceptors (Lipinski definition) is 3. The van der Waals surface area contributed by atoms with Crippen molar-refractivity contribution in [3.05, 3.63) is 72.4 Å². The van der Waals surface area contributed by atoms with Gasteiger partial charge < -0.3 is 11.1 Å². The number of hydrogen-bond donors (Lipinski definition) is 2. The van der Waals surface area contributed by atoms with Gasteiger partial charge in [0.15, 0.2) is 0 Å². The molecule has 0 fully saturated rings. The Morgan fingerprint density at radius 2 is 1.71 bits per heavy atom. The Morgan fingerprint density at radius 1 is 1.00 bits per heavy atom. The first-order chi connectivity index (χ1) is 10.2. The molecule has 3 heteroatoms. The van der Waals surface area contributed by atoms with Gasteiger partial charge in [-0.15, -0.1) is 0 Å². The fourth-order valence-corrected chi connectivity index (χ4v) is 2.55. The van der Waals surface area contributed by atoms with Crippen LogP contribution in [0.1, 0.15) is 12.5 Å². The van der Waals surface area contributed by atoms with Crippen molar-refractivity contribution < 1.29 is 0 Å². The van der Waals surface area contributed by atoms with Gasteiger partial charge in [-0.05, 0) is 24.6 Å². The van der Waals surface area contributed by atoms with Crippen LogP contribution >= 0.6 is 0 Å². The Balaban J connectivity index is 2.04. The molecule has 106 valence electrons. The van der Waals surface area contributed by atoms with Crippen LogP contribution in [0, 0.1) is 0 Å². The zero-order valence-electron chi connectivity index (χ0n) is 12.1. The Labute approximate surface area is 124 Å². The number of rotatable bonds is 4. The lowest BCUT2D eigenvalue weighted by Crippen LogP contribution is -2.39. The van der Waals surface area contributed by atoms with E-state index in [4.69, 9.17) is 5.73 Å². The maximum absolute atomic E-state index is 6.05. The molecule has 0 aliphatic heterocycles. The lowest BCUT2D eigenvalue weighted by Gasteiger charge is -2.31. The second-order valence-electron chi connectivity index (χ2n) is 5.40. The van der Waals surface area contributed by atoms with Gasteiger partial charge in [-0.25, -0.2) is 0 Å². The van der Waals surface area contributed by atoms with Crippen molar-refractivity contribution >= 4 is 16.6 Å². The van der Waals surface area contributed by atoms with E-state index in [1.54, 1.807) is 0 Å². The van der Waals surface area contributed by atoms with Crippen molar-refractivity contribution in [2.24, 2.45) is 5.73 Å². The van der Waals surface area contributed by atoms with Crippen molar-refractivity contribution in [2.45, 2.75) is 12.5 Å². The first-order valence-electron chi connectivity index (χ1n) is 7.10. The van der Waals surface area contributed by atoms with Crippen molar-refractivity contribution in [3.63, 3.8) is 0 Å². The maximum atomic E-state index is 6.05. The molecule has 0 aliphatic rings. The van der Waals surface area contributed by atoms with Crippen LogP contribution in [0.25, 0.3) is 10.9 Å². The molecule has 0 radical (unpaired) electrons. The molecule has 2 aromatic carbocycles. The Bertz CT molecular complexity index is 734. The van der Waals surface area contributed by atoms with Gasteiger partial charge in [0.1, 0.15) is 0 Å². The number of fused-ring (bicyclic) bond motifs is 1. The molecule has 3 nitrogen and oxygen atoms in total. The predicted molar refractivity (Wildman–Crippen MR) is 88.2 cm³/mol. The molecule has 3 aromatic rings. The molecule has 3 N–H and O–H groups in total. The van der Waals surface area contributed by atoms with E-state index in [0.717, 1.165) is 16.6 Å². The quantitative estimate of drug-likeness (QED) is 0.767. The summed E-state index contributed by atoms with van der Waals surface area (Å²) in [5.74, 6) is 0. The highest BCUT2D eigenvalue weighted by atomic mass is 15.0. The summed E-state index contributed by atoms with van der Waals surface area (Å²) >= 11 is 0. The molecule has 21 heavy (non-hydrogen) atoms. The number of benzene rings is 2. The first kappa shape index (κ1) is 13.6. The average molecular weight is 277 g/mol. The lowest BCUT2D eigenvalue weighted by atomic mass is 9.91. The van der Waals surface area contributed by atoms with E-state index in [1.807, 2.05) is 48.7 Å². The van der Waals surface area contributed by atoms with Crippen LogP contribution in [0.5, 0.6) is 0 Å². The Kier molecular flexibility index (Phi) is 3.59. The third-order valence-electron chi connectivity index (χ3n) is 3.88. The van der Waals surface area contributed by atoms with Crippen LogP contribution in [0.4, 0.5) is 5.69 Å². The van der Waals surface area contributed by atoms with Gasteiger partial charge in [0.25, 0.3) is 0 Å². The zero-order valence-corrected chi connectivity index (χ0v) is 12.1. The van der Waals surface area contributed by atoms with Crippen LogP contribution in [0.3, 0.4) is 0 Å². The number of nitrogens with zero attached hydrogens (tertiary/aromatic N) is 1. The van der Waals surface area contributed by atoms with Gasteiger partial charge in [-0.1, -0.05) is 48.5 Å². The van der Waals surface area contributed by atoms with Gasteiger partial charge in [0, 0.05) is 23.8 Å². The smallest absolute Gasteiger partial charge is 0.0722 e. The molecule has 3 rings (SSSR count). The molecule has 0 spiro atoms. The van der Waals surface area contributed by atoms with Gasteiger partial charge in [0.05, 0.1) is 11.1 Å². The van der Waals surface area contributed by atoms with Crippen LogP contribution in [-0.4, -0.2) is 11.5 Å². The SMILES string of the molecule is CC(CN)(Nc1ccnc2ccccc12)c1ccccc1. The summed E-state index contributed by atoms with van der Waals surface area (Å²) in [6, 6.07) is 20.4. The third kappa shape index (κ3) is 2.60. The van der Waals surface area contributed by atoms with E-state index in [1.165, 1.54) is 5.56 Å². The Hall–Kier alpha value is -2.39. The minimum Gasteiger partial charge on any atom is -0.374 e. The summed E-state index contributed by atoms with van der Waals surface area (Å²) in [5.41, 5.74) is 8.95. The summed E-state index contributed by atoms with van der Waals surface area (Å²) in [6.07, 6.45) is 1.83. The monoisotopic (exact) mass is 277 g/mol. The average Bonchev–Trinajstić information content (AvgIpc) is 2.56. The van der Waals surface area contributed by atoms with Crippen LogP contribution in [-0.2, 0) is 5.54 Å². The highest BCUT2D eigenvalue weighted by Crippen LogP contribution is 2.29. The maximum Gasteiger partial charge on any atom is 0.0722 e. The van der Waals surface area contributed by atoms with E-state index in [0.29, 0.717) is 6.54 Å². The summed E-state index contributed by atoms with van der Waals surface area (Å²) in [7, 11) is 0. The molecule has 0 amide bonds. The topological polar surface area (TPSA) is 50.9 Å². The second-order valence-corrected chi connectivity index (χ2v) is 5.40. The molecule has 0 saturated heterocycles. The highest BCUT2D eigenvalue weighted by Gasteiger charge is 2.25. The number of anilines is 1. The van der Waals surface area contributed by atoms with E-state index in [9.17, 15) is 0 Å². The summed E-state index contributed by atoms with van der Waals surface area (Å²) in [6.45, 7) is 2.63. The first-order valence-corrected chi connectivity index (χ1v) is 7.10. The van der Waals surface area contributed by atoms with Crippen molar-refractivity contribution in [1.29, 1.82) is 0 Å². The fourth-order valence-electron chi connectivity index (χ4n) is 2.55. The molecular weight excluding hydrogens is 258 g/mol. The van der Waals surface area contributed by atoms with Crippen molar-refractivity contribution in [2.75, 3.05) is 11.9 Å². The third-order valence-corrected chi connectivity index (χ3v) is 3.88. The normalized spacial score (nSPS) is 13.8. The van der Waals surface area contributed by atoms with E-state index in [-0.39, 0.29) is 5.54 Å². The molecule has 0 bridgehead atoms. The molecule has 1 heterocycles. The minimum absolute atomic E-state index is 0.314.